The fraction of sp³-hybridized carbons (Fsp3) is 0.250. The highest BCUT2D eigenvalue weighted by Gasteiger charge is 2.34. The van der Waals surface area contributed by atoms with E-state index >= 15 is 0 Å². The maximum atomic E-state index is 13.0. The number of carbonyl (C=O) groups excluding carboxylic acids is 1. The summed E-state index contributed by atoms with van der Waals surface area (Å²) in [4.78, 5) is 12.0. The Morgan fingerprint density at radius 1 is 1.04 bits per heavy atom. The zero-order valence-electron chi connectivity index (χ0n) is 14.6. The zero-order valence-corrected chi connectivity index (χ0v) is 15.4. The molecule has 2 aromatic rings. The van der Waals surface area contributed by atoms with Crippen LogP contribution in [0.4, 0.5) is 18.9 Å². The van der Waals surface area contributed by atoms with Crippen molar-refractivity contribution in [1.29, 1.82) is 0 Å². The highest BCUT2D eigenvalue weighted by atomic mass is 35.5. The van der Waals surface area contributed by atoms with Crippen LogP contribution in [-0.4, -0.2) is 5.91 Å². The number of amides is 1. The lowest BCUT2D eigenvalue weighted by molar-refractivity contribution is -0.136. The van der Waals surface area contributed by atoms with E-state index in [2.05, 4.69) is 26.1 Å². The Labute approximate surface area is 155 Å². The molecule has 0 fully saturated rings. The van der Waals surface area contributed by atoms with E-state index in [0.29, 0.717) is 0 Å². The van der Waals surface area contributed by atoms with Crippen molar-refractivity contribution >= 4 is 29.3 Å². The second-order valence-electron chi connectivity index (χ2n) is 6.88. The number of hydrogen-bond acceptors (Lipinski definition) is 1. The number of benzene rings is 2. The van der Waals surface area contributed by atoms with E-state index in [1.54, 1.807) is 6.08 Å². The summed E-state index contributed by atoms with van der Waals surface area (Å²) in [5.41, 5.74) is 0.624. The first-order valence-corrected chi connectivity index (χ1v) is 8.31. The van der Waals surface area contributed by atoms with Gasteiger partial charge in [0.05, 0.1) is 11.3 Å². The Morgan fingerprint density at radius 3 is 2.19 bits per heavy atom. The maximum Gasteiger partial charge on any atom is 0.418 e. The monoisotopic (exact) mass is 381 g/mol. The lowest BCUT2D eigenvalue weighted by atomic mass is 9.87. The molecule has 0 heterocycles. The van der Waals surface area contributed by atoms with Gasteiger partial charge in [-0.05, 0) is 40.8 Å². The quantitative estimate of drug-likeness (QED) is 0.620. The second kappa shape index (κ2) is 7.54. The van der Waals surface area contributed by atoms with Gasteiger partial charge in [0.1, 0.15) is 0 Å². The summed E-state index contributed by atoms with van der Waals surface area (Å²) in [5.74, 6) is -0.655. The average Bonchev–Trinajstić information content (AvgIpc) is 2.53. The van der Waals surface area contributed by atoms with Gasteiger partial charge in [-0.3, -0.25) is 4.79 Å². The van der Waals surface area contributed by atoms with Crippen molar-refractivity contribution in [2.75, 3.05) is 5.32 Å². The lowest BCUT2D eigenvalue weighted by Gasteiger charge is -2.18. The van der Waals surface area contributed by atoms with Crippen molar-refractivity contribution in [3.8, 4) is 0 Å². The molecule has 0 aromatic heterocycles. The van der Waals surface area contributed by atoms with Gasteiger partial charge in [-0.2, -0.15) is 13.2 Å². The van der Waals surface area contributed by atoms with Crippen LogP contribution < -0.4 is 5.32 Å². The Bertz CT molecular complexity index is 818. The molecule has 0 unspecified atom stereocenters. The number of rotatable bonds is 3. The third-order valence-electron chi connectivity index (χ3n) is 3.75. The standard InChI is InChI=1S/C20H19ClF3NO/c1-19(2,3)14-7-4-13(5-8-14)6-11-18(26)25-17-10-9-15(21)12-16(17)20(22,23)24/h4-12H,1-3H3,(H,25,26)/b11-6+. The summed E-state index contributed by atoms with van der Waals surface area (Å²) in [5, 5.41) is 2.19. The third-order valence-corrected chi connectivity index (χ3v) is 3.98. The first-order chi connectivity index (χ1) is 12.0. The fourth-order valence-electron chi connectivity index (χ4n) is 2.30. The summed E-state index contributed by atoms with van der Waals surface area (Å²) in [6, 6.07) is 10.8. The molecule has 1 N–H and O–H groups in total. The highest BCUT2D eigenvalue weighted by Crippen LogP contribution is 2.36. The number of halogens is 4. The predicted molar refractivity (Wildman–Crippen MR) is 99.3 cm³/mol. The van der Waals surface area contributed by atoms with Crippen molar-refractivity contribution in [3.63, 3.8) is 0 Å². The molecule has 0 saturated carbocycles. The zero-order chi connectivity index (χ0) is 19.5. The van der Waals surface area contributed by atoms with Crippen molar-refractivity contribution in [3.05, 3.63) is 70.3 Å². The lowest BCUT2D eigenvalue weighted by Crippen LogP contribution is -2.14. The SMILES string of the molecule is CC(C)(C)c1ccc(/C=C/C(=O)Nc2ccc(Cl)cc2C(F)(F)F)cc1. The van der Waals surface area contributed by atoms with Gasteiger partial charge in [-0.15, -0.1) is 0 Å². The normalized spacial score (nSPS) is 12.4. The Balaban J connectivity index is 2.13. The van der Waals surface area contributed by atoms with E-state index in [1.165, 1.54) is 12.1 Å². The molecule has 6 heteroatoms. The van der Waals surface area contributed by atoms with Crippen molar-refractivity contribution in [1.82, 2.24) is 0 Å². The molecular formula is C20H19ClF3NO. The van der Waals surface area contributed by atoms with Gasteiger partial charge in [0.25, 0.3) is 0 Å². The van der Waals surface area contributed by atoms with Crippen molar-refractivity contribution in [2.45, 2.75) is 32.4 Å². The molecule has 0 aliphatic rings. The van der Waals surface area contributed by atoms with Gasteiger partial charge in [0.15, 0.2) is 0 Å². The number of anilines is 1. The first-order valence-electron chi connectivity index (χ1n) is 7.93. The topological polar surface area (TPSA) is 29.1 Å². The summed E-state index contributed by atoms with van der Waals surface area (Å²) in [6.45, 7) is 6.28. The largest absolute Gasteiger partial charge is 0.418 e. The van der Waals surface area contributed by atoms with Crippen LogP contribution in [-0.2, 0) is 16.4 Å². The minimum atomic E-state index is -4.61. The molecule has 0 saturated heterocycles. The van der Waals surface area contributed by atoms with Gasteiger partial charge in [0, 0.05) is 11.1 Å². The molecule has 0 spiro atoms. The molecule has 0 radical (unpaired) electrons. The van der Waals surface area contributed by atoms with Crippen LogP contribution in [0.1, 0.15) is 37.5 Å². The van der Waals surface area contributed by atoms with E-state index in [9.17, 15) is 18.0 Å². The number of nitrogens with one attached hydrogen (secondary N) is 1. The molecule has 0 aliphatic heterocycles. The van der Waals surface area contributed by atoms with Crippen LogP contribution in [0.2, 0.25) is 5.02 Å². The van der Waals surface area contributed by atoms with Crippen LogP contribution in [0.15, 0.2) is 48.5 Å². The number of carbonyl (C=O) groups is 1. The second-order valence-corrected chi connectivity index (χ2v) is 7.32. The maximum absolute atomic E-state index is 13.0. The molecule has 0 bridgehead atoms. The summed E-state index contributed by atoms with van der Waals surface area (Å²) in [7, 11) is 0. The van der Waals surface area contributed by atoms with Crippen molar-refractivity contribution in [2.24, 2.45) is 0 Å². The molecule has 2 nitrogen and oxygen atoms in total. The smallest absolute Gasteiger partial charge is 0.322 e. The minimum absolute atomic E-state index is 0.0161. The molecular weight excluding hydrogens is 363 g/mol. The van der Waals surface area contributed by atoms with Gasteiger partial charge in [0.2, 0.25) is 5.91 Å². The van der Waals surface area contributed by atoms with E-state index < -0.39 is 17.6 Å². The summed E-state index contributed by atoms with van der Waals surface area (Å²) in [6.07, 6.45) is -1.87. The molecule has 2 aromatic carbocycles. The molecule has 2 rings (SSSR count). The van der Waals surface area contributed by atoms with Gasteiger partial charge >= 0.3 is 6.18 Å². The Kier molecular flexibility index (Phi) is 5.81. The van der Waals surface area contributed by atoms with Gasteiger partial charge in [-0.25, -0.2) is 0 Å². The Morgan fingerprint density at radius 2 is 1.65 bits per heavy atom. The summed E-state index contributed by atoms with van der Waals surface area (Å²) >= 11 is 5.62. The molecule has 1 amide bonds. The van der Waals surface area contributed by atoms with Gasteiger partial charge in [-0.1, -0.05) is 56.6 Å². The molecule has 0 atom stereocenters. The fourth-order valence-corrected chi connectivity index (χ4v) is 2.47. The first kappa shape index (κ1) is 20.0. The van der Waals surface area contributed by atoms with E-state index in [1.807, 2.05) is 24.3 Å². The van der Waals surface area contributed by atoms with Crippen molar-refractivity contribution < 1.29 is 18.0 Å². The van der Waals surface area contributed by atoms with Crippen LogP contribution >= 0.6 is 11.6 Å². The Hall–Kier alpha value is -2.27. The van der Waals surface area contributed by atoms with Gasteiger partial charge < -0.3 is 5.32 Å². The molecule has 0 aliphatic carbocycles. The minimum Gasteiger partial charge on any atom is -0.322 e. The van der Waals surface area contributed by atoms with E-state index in [-0.39, 0.29) is 16.1 Å². The van der Waals surface area contributed by atoms with Crippen LogP contribution in [0.3, 0.4) is 0 Å². The number of alkyl halides is 3. The van der Waals surface area contributed by atoms with Crippen LogP contribution in [0, 0.1) is 0 Å². The summed E-state index contributed by atoms with van der Waals surface area (Å²) < 4.78 is 39.1. The average molecular weight is 382 g/mol. The molecule has 26 heavy (non-hydrogen) atoms. The van der Waals surface area contributed by atoms with Crippen LogP contribution in [0.5, 0.6) is 0 Å². The third kappa shape index (κ3) is 5.36. The molecule has 138 valence electrons. The van der Waals surface area contributed by atoms with E-state index in [4.69, 9.17) is 11.6 Å². The highest BCUT2D eigenvalue weighted by molar-refractivity contribution is 6.30. The van der Waals surface area contributed by atoms with E-state index in [0.717, 1.165) is 23.3 Å². The predicted octanol–water partition coefficient (Wildman–Crippen LogP) is 6.31. The van der Waals surface area contributed by atoms with Crippen LogP contribution in [0.25, 0.3) is 6.08 Å². The number of hydrogen-bond donors (Lipinski definition) is 1.